The zero-order chi connectivity index (χ0) is 36.7. The highest BCUT2D eigenvalue weighted by molar-refractivity contribution is 6.33. The maximum atomic E-state index is 7.51. The molecule has 2 atom stereocenters. The zero-order valence-corrected chi connectivity index (χ0v) is 31.6. The maximum absolute atomic E-state index is 7.51. The van der Waals surface area contributed by atoms with Crippen molar-refractivity contribution in [2.45, 2.75) is 51.6 Å². The van der Waals surface area contributed by atoms with E-state index < -0.39 is 0 Å². The van der Waals surface area contributed by atoms with Gasteiger partial charge in [0, 0.05) is 17.5 Å². The molecule has 1 heterocycles. The Kier molecular flexibility index (Phi) is 11.0. The van der Waals surface area contributed by atoms with E-state index in [1.54, 1.807) is 0 Å². The number of pyridine rings is 1. The van der Waals surface area contributed by atoms with E-state index in [4.69, 9.17) is 16.6 Å². The first-order chi connectivity index (χ1) is 25.9. The van der Waals surface area contributed by atoms with Crippen molar-refractivity contribution < 1.29 is 0 Å². The highest BCUT2D eigenvalue weighted by atomic mass is 35.5. The molecule has 264 valence electrons. The van der Waals surface area contributed by atoms with Gasteiger partial charge in [-0.2, -0.15) is 0 Å². The smallest absolute Gasteiger partial charge is 0.0657 e. The van der Waals surface area contributed by atoms with E-state index in [2.05, 4.69) is 208 Å². The monoisotopic (exact) mass is 711 g/mol. The van der Waals surface area contributed by atoms with Gasteiger partial charge in [-0.15, -0.1) is 0 Å². The fourth-order valence-electron chi connectivity index (χ4n) is 7.48. The van der Waals surface area contributed by atoms with Crippen LogP contribution in [0.25, 0.3) is 0 Å². The van der Waals surface area contributed by atoms with Crippen LogP contribution in [-0.4, -0.2) is 4.98 Å². The Morgan fingerprint density at radius 1 is 0.434 bits per heavy atom. The fourth-order valence-corrected chi connectivity index (χ4v) is 7.77. The average molecular weight is 712 g/mol. The first kappa shape index (κ1) is 35.7. The largest absolute Gasteiger partial charge is 0.377 e. The Balaban J connectivity index is 1.33. The van der Waals surface area contributed by atoms with Crippen molar-refractivity contribution in [3.8, 4) is 0 Å². The van der Waals surface area contributed by atoms with Crippen molar-refractivity contribution in [3.05, 3.63) is 231 Å². The molecule has 0 fully saturated rings. The molecule has 0 saturated carbocycles. The number of nitrogens with one attached hydrogen (secondary N) is 2. The summed E-state index contributed by atoms with van der Waals surface area (Å²) in [5.74, 6) is -0.0749. The third-order valence-corrected chi connectivity index (χ3v) is 10.5. The maximum Gasteiger partial charge on any atom is 0.0657 e. The van der Waals surface area contributed by atoms with Crippen LogP contribution in [0.1, 0.15) is 93.7 Å². The molecule has 0 amide bonds. The molecule has 7 aromatic rings. The number of aromatic nitrogens is 1. The second kappa shape index (κ2) is 16.4. The summed E-state index contributed by atoms with van der Waals surface area (Å²) in [6, 6.07) is 60.0. The van der Waals surface area contributed by atoms with Gasteiger partial charge >= 0.3 is 0 Å². The van der Waals surface area contributed by atoms with Crippen molar-refractivity contribution >= 4 is 23.0 Å². The minimum atomic E-state index is -0.129. The summed E-state index contributed by atoms with van der Waals surface area (Å²) < 4.78 is 0. The average Bonchev–Trinajstić information content (AvgIpc) is 3.19. The molecule has 2 N–H and O–H groups in total. The first-order valence-corrected chi connectivity index (χ1v) is 18.8. The predicted octanol–water partition coefficient (Wildman–Crippen LogP) is 13.1. The van der Waals surface area contributed by atoms with Crippen LogP contribution in [0.3, 0.4) is 0 Å². The van der Waals surface area contributed by atoms with Gasteiger partial charge in [-0.1, -0.05) is 163 Å². The van der Waals surface area contributed by atoms with Gasteiger partial charge in [-0.25, -0.2) is 0 Å². The Labute approximate surface area is 319 Å². The molecule has 1 aromatic heterocycles. The second-order valence-electron chi connectivity index (χ2n) is 14.0. The van der Waals surface area contributed by atoms with Crippen molar-refractivity contribution in [2.75, 3.05) is 10.6 Å². The quantitative estimate of drug-likeness (QED) is 0.124. The number of rotatable bonds is 12. The third-order valence-electron chi connectivity index (χ3n) is 10.2. The molecule has 6 aromatic carbocycles. The Morgan fingerprint density at radius 2 is 0.830 bits per heavy atom. The number of aryl methyl sites for hydroxylation is 2. The van der Waals surface area contributed by atoms with Crippen LogP contribution >= 0.6 is 11.6 Å². The van der Waals surface area contributed by atoms with Crippen LogP contribution in [0.5, 0.6) is 0 Å². The molecule has 2 unspecified atom stereocenters. The number of halogens is 1. The Morgan fingerprint density at radius 3 is 1.28 bits per heavy atom. The lowest BCUT2D eigenvalue weighted by molar-refractivity contribution is 0.777. The standard InChI is InChI=1S/C49H46ClN3/c1-33-19-17-20-34(2)48(33)51-35(3)44-29-18-30-45(53-44)36(4)52-49-42(47(39-25-13-7-14-26-39)40-27-15-8-16-28-40)31-41(32-43(49)50)46(37-21-9-5-10-22-37)38-23-11-6-12-24-38/h5-32,35-36,46-47,51-52H,1-4H3. The number of benzene rings is 6. The van der Waals surface area contributed by atoms with Crippen LogP contribution in [0.15, 0.2) is 170 Å². The molecular formula is C49H46ClN3. The molecule has 7 rings (SSSR count). The van der Waals surface area contributed by atoms with Gasteiger partial charge in [0.05, 0.1) is 34.2 Å². The fraction of sp³-hybridized carbons (Fsp3) is 0.163. The first-order valence-electron chi connectivity index (χ1n) is 18.5. The normalized spacial score (nSPS) is 12.4. The topological polar surface area (TPSA) is 37.0 Å². The minimum Gasteiger partial charge on any atom is -0.377 e. The lowest BCUT2D eigenvalue weighted by Crippen LogP contribution is -2.16. The van der Waals surface area contributed by atoms with Crippen LogP contribution in [-0.2, 0) is 0 Å². The van der Waals surface area contributed by atoms with Gasteiger partial charge in [0.2, 0.25) is 0 Å². The second-order valence-corrected chi connectivity index (χ2v) is 14.4. The van der Waals surface area contributed by atoms with Gasteiger partial charge in [-0.3, -0.25) is 4.98 Å². The van der Waals surface area contributed by atoms with Crippen LogP contribution in [0.4, 0.5) is 11.4 Å². The molecule has 0 spiro atoms. The van der Waals surface area contributed by atoms with E-state index in [0.717, 1.165) is 33.9 Å². The van der Waals surface area contributed by atoms with Gasteiger partial charge in [0.25, 0.3) is 0 Å². The molecular weight excluding hydrogens is 666 g/mol. The van der Waals surface area contributed by atoms with E-state index >= 15 is 0 Å². The lowest BCUT2D eigenvalue weighted by Gasteiger charge is -2.28. The van der Waals surface area contributed by atoms with Crippen LogP contribution in [0, 0.1) is 13.8 Å². The molecule has 0 aliphatic heterocycles. The molecule has 3 nitrogen and oxygen atoms in total. The molecule has 0 bridgehead atoms. The zero-order valence-electron chi connectivity index (χ0n) is 30.8. The molecule has 0 saturated heterocycles. The Hall–Kier alpha value is -5.64. The van der Waals surface area contributed by atoms with E-state index in [1.807, 2.05) is 0 Å². The van der Waals surface area contributed by atoms with Gasteiger partial charge in [0.1, 0.15) is 0 Å². The highest BCUT2D eigenvalue weighted by Crippen LogP contribution is 2.44. The summed E-state index contributed by atoms with van der Waals surface area (Å²) in [5, 5.41) is 8.28. The van der Waals surface area contributed by atoms with Gasteiger partial charge in [-0.05, 0) is 90.4 Å². The summed E-state index contributed by atoms with van der Waals surface area (Å²) in [7, 11) is 0. The van der Waals surface area contributed by atoms with Crippen molar-refractivity contribution in [2.24, 2.45) is 0 Å². The van der Waals surface area contributed by atoms with Crippen LogP contribution in [0.2, 0.25) is 5.02 Å². The third kappa shape index (κ3) is 8.06. The SMILES string of the molecule is Cc1cccc(C)c1NC(C)c1cccc(C(C)Nc2c(Cl)cc(C(c3ccccc3)c3ccccc3)cc2C(c2ccccc2)c2ccccc2)n1. The van der Waals surface area contributed by atoms with Gasteiger partial charge < -0.3 is 10.6 Å². The van der Waals surface area contributed by atoms with Crippen LogP contribution < -0.4 is 10.6 Å². The lowest BCUT2D eigenvalue weighted by atomic mass is 9.79. The molecule has 4 heteroatoms. The van der Waals surface area contributed by atoms with Gasteiger partial charge in [0.15, 0.2) is 0 Å². The number of para-hydroxylation sites is 1. The molecule has 0 aliphatic carbocycles. The summed E-state index contributed by atoms with van der Waals surface area (Å²) in [4.78, 5) is 5.20. The number of hydrogen-bond acceptors (Lipinski definition) is 3. The van der Waals surface area contributed by atoms with Crippen molar-refractivity contribution in [3.63, 3.8) is 0 Å². The summed E-state index contributed by atoms with van der Waals surface area (Å²) in [6.07, 6.45) is 0. The van der Waals surface area contributed by atoms with E-state index in [9.17, 15) is 0 Å². The highest BCUT2D eigenvalue weighted by Gasteiger charge is 2.27. The number of anilines is 2. The van der Waals surface area contributed by atoms with Crippen molar-refractivity contribution in [1.82, 2.24) is 4.98 Å². The molecule has 53 heavy (non-hydrogen) atoms. The molecule has 0 radical (unpaired) electrons. The molecule has 0 aliphatic rings. The minimum absolute atomic E-state index is 0.00320. The van der Waals surface area contributed by atoms with E-state index in [0.29, 0.717) is 5.02 Å². The van der Waals surface area contributed by atoms with E-state index in [1.165, 1.54) is 33.4 Å². The number of hydrogen-bond donors (Lipinski definition) is 2. The summed E-state index contributed by atoms with van der Waals surface area (Å²) in [5.41, 5.74) is 13.6. The Bertz CT molecular complexity index is 2160. The summed E-state index contributed by atoms with van der Waals surface area (Å²) in [6.45, 7) is 8.62. The van der Waals surface area contributed by atoms with Crippen molar-refractivity contribution in [1.29, 1.82) is 0 Å². The predicted molar refractivity (Wildman–Crippen MR) is 223 cm³/mol. The number of nitrogens with zero attached hydrogens (tertiary/aromatic N) is 1. The van der Waals surface area contributed by atoms with E-state index in [-0.39, 0.29) is 23.9 Å². The summed E-state index contributed by atoms with van der Waals surface area (Å²) >= 11 is 7.51.